The number of nitrogens with zero attached hydrogens (tertiary/aromatic N) is 1. The van der Waals surface area contributed by atoms with Crippen molar-refractivity contribution < 1.29 is 9.59 Å². The molecule has 0 spiro atoms. The zero-order valence-corrected chi connectivity index (χ0v) is 13.6. The van der Waals surface area contributed by atoms with Crippen molar-refractivity contribution >= 4 is 23.2 Å². The Bertz CT molecular complexity index is 612. The molecule has 1 aliphatic heterocycles. The number of carbonyl (C=O) groups excluding carboxylic acids is 2. The van der Waals surface area contributed by atoms with Gasteiger partial charge in [0.25, 0.3) is 0 Å². The Hall–Kier alpha value is -1.84. The molecule has 3 rings (SSSR count). The van der Waals surface area contributed by atoms with Crippen LogP contribution in [0.15, 0.2) is 18.2 Å². The van der Waals surface area contributed by atoms with Gasteiger partial charge in [-0.15, -0.1) is 0 Å². The minimum absolute atomic E-state index is 0.109. The fourth-order valence-electron chi connectivity index (χ4n) is 2.99. The van der Waals surface area contributed by atoms with Gasteiger partial charge in [0.1, 0.15) is 0 Å². The quantitative estimate of drug-likeness (QED) is 0.910. The van der Waals surface area contributed by atoms with Crippen LogP contribution in [0.5, 0.6) is 0 Å². The molecule has 4 heteroatoms. The van der Waals surface area contributed by atoms with Crippen molar-refractivity contribution in [2.24, 2.45) is 11.3 Å². The largest absolute Gasteiger partial charge is 0.326 e. The highest BCUT2D eigenvalue weighted by molar-refractivity contribution is 6.00. The first-order chi connectivity index (χ1) is 10.4. The van der Waals surface area contributed by atoms with Gasteiger partial charge in [0.05, 0.1) is 0 Å². The third kappa shape index (κ3) is 2.74. The number of anilines is 2. The summed E-state index contributed by atoms with van der Waals surface area (Å²) in [6, 6.07) is 5.92. The highest BCUT2D eigenvalue weighted by Gasteiger charge is 2.32. The summed E-state index contributed by atoms with van der Waals surface area (Å²) in [6.07, 6.45) is 4.01. The van der Waals surface area contributed by atoms with Crippen LogP contribution in [0.1, 0.15) is 45.6 Å². The number of carbonyl (C=O) groups is 2. The van der Waals surface area contributed by atoms with Gasteiger partial charge in [0.15, 0.2) is 0 Å². The summed E-state index contributed by atoms with van der Waals surface area (Å²) in [5.74, 6) is 0.409. The van der Waals surface area contributed by atoms with E-state index in [2.05, 4.69) is 5.32 Å². The van der Waals surface area contributed by atoms with E-state index in [1.807, 2.05) is 43.9 Å². The van der Waals surface area contributed by atoms with Crippen LogP contribution in [0.2, 0.25) is 0 Å². The second-order valence-electron chi connectivity index (χ2n) is 7.42. The van der Waals surface area contributed by atoms with E-state index in [-0.39, 0.29) is 17.7 Å². The first kappa shape index (κ1) is 15.1. The molecular weight excluding hydrogens is 276 g/mol. The van der Waals surface area contributed by atoms with Crippen LogP contribution >= 0.6 is 0 Å². The first-order valence-corrected chi connectivity index (χ1v) is 8.12. The van der Waals surface area contributed by atoms with Gasteiger partial charge in [-0.3, -0.25) is 9.59 Å². The van der Waals surface area contributed by atoms with Crippen molar-refractivity contribution in [2.45, 2.75) is 46.5 Å². The van der Waals surface area contributed by atoms with Gasteiger partial charge in [-0.2, -0.15) is 0 Å². The molecule has 0 saturated heterocycles. The number of fused-ring (bicyclic) bond motifs is 1. The molecule has 1 N–H and O–H groups in total. The summed E-state index contributed by atoms with van der Waals surface area (Å²) in [5, 5.41) is 2.99. The van der Waals surface area contributed by atoms with Gasteiger partial charge in [0.2, 0.25) is 11.8 Å². The molecule has 4 nitrogen and oxygen atoms in total. The lowest BCUT2D eigenvalue weighted by Crippen LogP contribution is -2.38. The van der Waals surface area contributed by atoms with Gasteiger partial charge in [-0.25, -0.2) is 0 Å². The van der Waals surface area contributed by atoms with E-state index in [0.717, 1.165) is 43.6 Å². The molecule has 2 aliphatic rings. The average molecular weight is 300 g/mol. The van der Waals surface area contributed by atoms with Crippen molar-refractivity contribution in [3.8, 4) is 0 Å². The Morgan fingerprint density at radius 1 is 1.23 bits per heavy atom. The highest BCUT2D eigenvalue weighted by atomic mass is 16.2. The van der Waals surface area contributed by atoms with E-state index in [1.54, 1.807) is 0 Å². The molecule has 118 valence electrons. The van der Waals surface area contributed by atoms with Crippen molar-refractivity contribution in [2.75, 3.05) is 16.8 Å². The van der Waals surface area contributed by atoms with Gasteiger partial charge >= 0.3 is 0 Å². The molecule has 22 heavy (non-hydrogen) atoms. The highest BCUT2D eigenvalue weighted by Crippen LogP contribution is 2.34. The van der Waals surface area contributed by atoms with Crippen molar-refractivity contribution in [1.82, 2.24) is 0 Å². The van der Waals surface area contributed by atoms with Gasteiger partial charge in [0, 0.05) is 29.3 Å². The van der Waals surface area contributed by atoms with Crippen LogP contribution in [0.4, 0.5) is 11.4 Å². The topological polar surface area (TPSA) is 49.4 Å². The molecule has 1 saturated carbocycles. The summed E-state index contributed by atoms with van der Waals surface area (Å²) in [5.41, 5.74) is 2.53. The van der Waals surface area contributed by atoms with E-state index in [4.69, 9.17) is 0 Å². The third-order valence-corrected chi connectivity index (χ3v) is 4.61. The molecule has 2 amide bonds. The molecule has 1 aliphatic carbocycles. The van der Waals surface area contributed by atoms with E-state index in [0.29, 0.717) is 0 Å². The molecule has 0 bridgehead atoms. The molecule has 1 fully saturated rings. The smallest absolute Gasteiger partial charge is 0.232 e. The van der Waals surface area contributed by atoms with Crippen LogP contribution in [-0.2, 0) is 16.0 Å². The predicted molar refractivity (Wildman–Crippen MR) is 87.9 cm³/mol. The van der Waals surface area contributed by atoms with Crippen LogP contribution in [0.3, 0.4) is 0 Å². The fourth-order valence-corrected chi connectivity index (χ4v) is 2.99. The van der Waals surface area contributed by atoms with E-state index >= 15 is 0 Å². The number of nitrogens with one attached hydrogen (secondary N) is 1. The Balaban J connectivity index is 1.80. The van der Waals surface area contributed by atoms with E-state index < -0.39 is 5.41 Å². The summed E-state index contributed by atoms with van der Waals surface area (Å²) >= 11 is 0. The lowest BCUT2D eigenvalue weighted by Gasteiger charge is -2.27. The summed E-state index contributed by atoms with van der Waals surface area (Å²) in [6.45, 7) is 6.55. The Morgan fingerprint density at radius 2 is 1.95 bits per heavy atom. The van der Waals surface area contributed by atoms with Gasteiger partial charge in [-0.05, 0) is 37.0 Å². The molecule has 0 unspecified atom stereocenters. The number of hydrogen-bond donors (Lipinski definition) is 1. The van der Waals surface area contributed by atoms with E-state index in [1.165, 1.54) is 5.56 Å². The Labute approximate surface area is 131 Å². The number of benzene rings is 1. The molecular formula is C18H24N2O2. The van der Waals surface area contributed by atoms with Crippen LogP contribution < -0.4 is 10.2 Å². The zero-order valence-electron chi connectivity index (χ0n) is 13.6. The van der Waals surface area contributed by atoms with Crippen molar-refractivity contribution in [1.29, 1.82) is 0 Å². The third-order valence-electron chi connectivity index (χ3n) is 4.61. The SMILES string of the molecule is CC(C)(C)C(=O)N1CCc2ccc(NC(=O)C3CCC3)cc21. The Kier molecular flexibility index (Phi) is 3.71. The van der Waals surface area contributed by atoms with Crippen molar-refractivity contribution in [3.05, 3.63) is 23.8 Å². The van der Waals surface area contributed by atoms with Gasteiger partial charge in [-0.1, -0.05) is 33.3 Å². The predicted octanol–water partition coefficient (Wildman–Crippen LogP) is 3.36. The lowest BCUT2D eigenvalue weighted by atomic mass is 9.85. The molecule has 0 radical (unpaired) electrons. The minimum atomic E-state index is -0.396. The molecule has 0 aromatic heterocycles. The molecule has 0 atom stereocenters. The van der Waals surface area contributed by atoms with E-state index in [9.17, 15) is 9.59 Å². The zero-order chi connectivity index (χ0) is 15.9. The molecule has 1 aromatic carbocycles. The minimum Gasteiger partial charge on any atom is -0.326 e. The van der Waals surface area contributed by atoms with Gasteiger partial charge < -0.3 is 10.2 Å². The maximum absolute atomic E-state index is 12.6. The average Bonchev–Trinajstić information content (AvgIpc) is 2.77. The summed E-state index contributed by atoms with van der Waals surface area (Å²) in [4.78, 5) is 26.5. The number of hydrogen-bond acceptors (Lipinski definition) is 2. The van der Waals surface area contributed by atoms with Crippen molar-refractivity contribution in [3.63, 3.8) is 0 Å². The summed E-state index contributed by atoms with van der Waals surface area (Å²) in [7, 11) is 0. The van der Waals surface area contributed by atoms with Crippen LogP contribution in [-0.4, -0.2) is 18.4 Å². The number of amides is 2. The molecule has 1 heterocycles. The maximum atomic E-state index is 12.6. The lowest BCUT2D eigenvalue weighted by molar-refractivity contribution is -0.125. The fraction of sp³-hybridized carbons (Fsp3) is 0.556. The monoisotopic (exact) mass is 300 g/mol. The second-order valence-corrected chi connectivity index (χ2v) is 7.42. The van der Waals surface area contributed by atoms with Crippen LogP contribution in [0, 0.1) is 11.3 Å². The Morgan fingerprint density at radius 3 is 2.55 bits per heavy atom. The summed E-state index contributed by atoms with van der Waals surface area (Å²) < 4.78 is 0. The maximum Gasteiger partial charge on any atom is 0.232 e. The standard InChI is InChI=1S/C18H24N2O2/c1-18(2,3)17(22)20-10-9-12-7-8-14(11-15(12)20)19-16(21)13-5-4-6-13/h7-8,11,13H,4-6,9-10H2,1-3H3,(H,19,21). The molecule has 1 aromatic rings. The normalized spacial score (nSPS) is 17.9. The number of rotatable bonds is 2. The van der Waals surface area contributed by atoms with Crippen LogP contribution in [0.25, 0.3) is 0 Å². The first-order valence-electron chi connectivity index (χ1n) is 8.12. The second kappa shape index (κ2) is 5.41.